The van der Waals surface area contributed by atoms with E-state index in [2.05, 4.69) is 11.8 Å². The van der Waals surface area contributed by atoms with E-state index in [0.29, 0.717) is 35.2 Å². The van der Waals surface area contributed by atoms with Gasteiger partial charge in [0.2, 0.25) is 0 Å². The van der Waals surface area contributed by atoms with Crippen LogP contribution in [0, 0.1) is 5.92 Å². The van der Waals surface area contributed by atoms with Gasteiger partial charge in [0.15, 0.2) is 0 Å². The first-order chi connectivity index (χ1) is 17.0. The summed E-state index contributed by atoms with van der Waals surface area (Å²) in [5.74, 6) is 2.93. The van der Waals surface area contributed by atoms with Gasteiger partial charge in [-0.3, -0.25) is 4.90 Å². The number of likely N-dealkylation sites (tertiary alicyclic amines) is 1. The van der Waals surface area contributed by atoms with Gasteiger partial charge in [-0.25, -0.2) is 0 Å². The molecular weight excluding hydrogens is 464 g/mol. The van der Waals surface area contributed by atoms with Crippen LogP contribution in [0.3, 0.4) is 0 Å². The Morgan fingerprint density at radius 3 is 2.40 bits per heavy atom. The van der Waals surface area contributed by atoms with Crippen LogP contribution in [-0.2, 0) is 11.4 Å². The fourth-order valence-electron chi connectivity index (χ4n) is 4.97. The van der Waals surface area contributed by atoms with Crippen molar-refractivity contribution in [3.8, 4) is 17.2 Å². The zero-order chi connectivity index (χ0) is 25.2. The molecule has 0 amide bonds. The zero-order valence-electron chi connectivity index (χ0n) is 21.2. The van der Waals surface area contributed by atoms with Crippen LogP contribution in [-0.4, -0.2) is 38.5 Å². The van der Waals surface area contributed by atoms with E-state index < -0.39 is 0 Å². The van der Waals surface area contributed by atoms with Crippen molar-refractivity contribution in [3.05, 3.63) is 46.5 Å². The number of nitrogens with two attached hydrogens (primary N) is 1. The number of carbonyl (C=O) groups is 1. The summed E-state index contributed by atoms with van der Waals surface area (Å²) in [5, 5.41) is 0.525. The van der Waals surface area contributed by atoms with Gasteiger partial charge in [-0.05, 0) is 68.5 Å². The van der Waals surface area contributed by atoms with E-state index in [4.69, 9.17) is 31.5 Å². The smallest absolute Gasteiger partial charge is 0.126 e. The molecule has 0 saturated carbocycles. The molecule has 3 rings (SSSR count). The fourth-order valence-corrected chi connectivity index (χ4v) is 5.14. The lowest BCUT2D eigenvalue weighted by molar-refractivity contribution is -0.108. The van der Waals surface area contributed by atoms with Crippen LogP contribution in [0.5, 0.6) is 17.2 Å². The number of carbonyl (C=O) groups excluding carboxylic acids is 1. The quantitative estimate of drug-likeness (QED) is 0.193. The second kappa shape index (κ2) is 13.6. The number of benzene rings is 2. The molecule has 0 bridgehead atoms. The lowest BCUT2D eigenvalue weighted by atomic mass is 9.89. The number of anilines is 1. The summed E-state index contributed by atoms with van der Waals surface area (Å²) in [7, 11) is 3.26. The van der Waals surface area contributed by atoms with Gasteiger partial charge in [-0.2, -0.15) is 0 Å². The normalized spacial score (nSPS) is 15.5. The third-order valence-electron chi connectivity index (χ3n) is 6.88. The van der Waals surface area contributed by atoms with Crippen LogP contribution >= 0.6 is 11.6 Å². The highest BCUT2D eigenvalue weighted by Crippen LogP contribution is 2.40. The SMILES string of the molecule is CCCC1CCN(C(CCCC=O)c2cc(Cl)c(N)cc2OCc2cc(OC)cc(OC)c2)CC1. The third-order valence-corrected chi connectivity index (χ3v) is 7.21. The van der Waals surface area contributed by atoms with Crippen LogP contribution in [0.4, 0.5) is 5.69 Å². The maximum Gasteiger partial charge on any atom is 0.126 e. The number of hydrogen-bond acceptors (Lipinski definition) is 6. The number of hydrogen-bond donors (Lipinski definition) is 1. The van der Waals surface area contributed by atoms with Gasteiger partial charge in [0.05, 0.1) is 24.9 Å². The highest BCUT2D eigenvalue weighted by Gasteiger charge is 2.28. The Hall–Kier alpha value is -2.44. The number of halogens is 1. The molecule has 0 radical (unpaired) electrons. The monoisotopic (exact) mass is 502 g/mol. The number of ether oxygens (including phenoxy) is 3. The van der Waals surface area contributed by atoms with Gasteiger partial charge in [0.25, 0.3) is 0 Å². The molecule has 0 spiro atoms. The highest BCUT2D eigenvalue weighted by molar-refractivity contribution is 6.33. The first kappa shape index (κ1) is 27.2. The van der Waals surface area contributed by atoms with Gasteiger partial charge in [0, 0.05) is 30.2 Å². The van der Waals surface area contributed by atoms with E-state index in [9.17, 15) is 4.79 Å². The van der Waals surface area contributed by atoms with E-state index in [-0.39, 0.29) is 6.04 Å². The zero-order valence-corrected chi connectivity index (χ0v) is 22.0. The average Bonchev–Trinajstić information content (AvgIpc) is 2.88. The summed E-state index contributed by atoms with van der Waals surface area (Å²) in [6.07, 6.45) is 8.13. The maximum absolute atomic E-state index is 11.0. The lowest BCUT2D eigenvalue weighted by Crippen LogP contribution is -2.37. The summed E-state index contributed by atoms with van der Waals surface area (Å²) in [4.78, 5) is 13.6. The summed E-state index contributed by atoms with van der Waals surface area (Å²) in [6, 6.07) is 9.59. The molecule has 7 heteroatoms. The second-order valence-corrected chi connectivity index (χ2v) is 9.71. The fraction of sp³-hybridized carbons (Fsp3) is 0.536. The molecule has 2 N–H and O–H groups in total. The van der Waals surface area contributed by atoms with E-state index >= 15 is 0 Å². The van der Waals surface area contributed by atoms with Gasteiger partial charge < -0.3 is 24.7 Å². The molecule has 2 aromatic rings. The Kier molecular flexibility index (Phi) is 10.5. The Bertz CT molecular complexity index is 938. The minimum Gasteiger partial charge on any atom is -0.497 e. The van der Waals surface area contributed by atoms with Crippen molar-refractivity contribution in [2.45, 2.75) is 64.5 Å². The highest BCUT2D eigenvalue weighted by atomic mass is 35.5. The molecule has 1 fully saturated rings. The van der Waals surface area contributed by atoms with Crippen molar-refractivity contribution in [3.63, 3.8) is 0 Å². The molecule has 0 aliphatic carbocycles. The number of nitrogens with zero attached hydrogens (tertiary/aromatic N) is 1. The molecule has 1 atom stereocenters. The summed E-state index contributed by atoms with van der Waals surface area (Å²) >= 11 is 6.50. The van der Waals surface area contributed by atoms with Crippen LogP contribution in [0.25, 0.3) is 0 Å². The standard InChI is InChI=1S/C28H39ClN2O4/c1-4-7-20-9-11-31(12-10-20)27(8-5-6-13-32)24-17-25(29)26(30)18-28(24)35-19-21-14-22(33-2)16-23(15-21)34-3/h13-18,20,27H,4-12,19,30H2,1-3H3. The van der Waals surface area contributed by atoms with E-state index in [1.54, 1.807) is 14.2 Å². The van der Waals surface area contributed by atoms with Crippen LogP contribution in [0.15, 0.2) is 30.3 Å². The predicted octanol–water partition coefficient (Wildman–Crippen LogP) is 6.44. The van der Waals surface area contributed by atoms with E-state index in [1.165, 1.54) is 25.7 Å². The molecule has 192 valence electrons. The van der Waals surface area contributed by atoms with Crippen molar-refractivity contribution in [1.29, 1.82) is 0 Å². The largest absolute Gasteiger partial charge is 0.497 e. The molecular formula is C28H39ClN2O4. The van der Waals surface area contributed by atoms with Gasteiger partial charge in [0.1, 0.15) is 30.1 Å². The molecule has 0 aromatic heterocycles. The van der Waals surface area contributed by atoms with Gasteiger partial charge in [-0.15, -0.1) is 0 Å². The number of piperidine rings is 1. The molecule has 6 nitrogen and oxygen atoms in total. The second-order valence-electron chi connectivity index (χ2n) is 9.30. The van der Waals surface area contributed by atoms with E-state index in [0.717, 1.165) is 55.0 Å². The summed E-state index contributed by atoms with van der Waals surface area (Å²) < 4.78 is 17.1. The van der Waals surface area contributed by atoms with Crippen LogP contribution in [0.1, 0.15) is 69.0 Å². The Labute approximate surface area is 214 Å². The number of methoxy groups -OCH3 is 2. The molecule has 2 aromatic carbocycles. The lowest BCUT2D eigenvalue weighted by Gasteiger charge is -2.38. The van der Waals surface area contributed by atoms with Crippen molar-refractivity contribution in [1.82, 2.24) is 4.90 Å². The van der Waals surface area contributed by atoms with Crippen molar-refractivity contribution in [2.75, 3.05) is 33.0 Å². The van der Waals surface area contributed by atoms with Crippen LogP contribution in [0.2, 0.25) is 5.02 Å². The van der Waals surface area contributed by atoms with Gasteiger partial charge >= 0.3 is 0 Å². The topological polar surface area (TPSA) is 74.0 Å². The first-order valence-electron chi connectivity index (χ1n) is 12.6. The molecule has 1 aliphatic heterocycles. The number of unbranched alkanes of at least 4 members (excludes halogenated alkanes) is 1. The van der Waals surface area contributed by atoms with E-state index in [1.807, 2.05) is 30.3 Å². The maximum atomic E-state index is 11.0. The molecule has 1 heterocycles. The Morgan fingerprint density at radius 2 is 1.80 bits per heavy atom. The third kappa shape index (κ3) is 7.52. The minimum absolute atomic E-state index is 0.116. The Balaban J connectivity index is 1.87. The average molecular weight is 503 g/mol. The first-order valence-corrected chi connectivity index (χ1v) is 13.0. The van der Waals surface area contributed by atoms with Crippen LogP contribution < -0.4 is 19.9 Å². The predicted molar refractivity (Wildman–Crippen MR) is 142 cm³/mol. The summed E-state index contributed by atoms with van der Waals surface area (Å²) in [6.45, 7) is 4.66. The molecule has 1 unspecified atom stereocenters. The van der Waals surface area contributed by atoms with Gasteiger partial charge in [-0.1, -0.05) is 31.4 Å². The number of nitrogen functional groups attached to an aromatic ring is 1. The Morgan fingerprint density at radius 1 is 1.11 bits per heavy atom. The van der Waals surface area contributed by atoms with Crippen molar-refractivity contribution >= 4 is 23.6 Å². The molecule has 1 aliphatic rings. The molecule has 35 heavy (non-hydrogen) atoms. The summed E-state index contributed by atoms with van der Waals surface area (Å²) in [5.41, 5.74) is 8.63. The van der Waals surface area contributed by atoms with Crippen molar-refractivity contribution < 1.29 is 19.0 Å². The molecule has 1 saturated heterocycles. The number of rotatable bonds is 13. The minimum atomic E-state index is 0.116. The van der Waals surface area contributed by atoms with Crippen molar-refractivity contribution in [2.24, 2.45) is 5.92 Å². The number of aldehydes is 1.